The minimum atomic E-state index is 0.0689. The maximum Gasteiger partial charge on any atom is 0.246 e. The van der Waals surface area contributed by atoms with E-state index in [-0.39, 0.29) is 12.5 Å². The number of aryl methyl sites for hydroxylation is 1. The summed E-state index contributed by atoms with van der Waals surface area (Å²) in [6, 6.07) is 8.13. The molecule has 6 nitrogen and oxygen atoms in total. The summed E-state index contributed by atoms with van der Waals surface area (Å²) in [6.45, 7) is 5.22. The highest BCUT2D eigenvalue weighted by molar-refractivity contribution is 5.98. The molecule has 0 saturated heterocycles. The number of ether oxygens (including phenoxy) is 1. The molecule has 6 heteroatoms. The lowest BCUT2D eigenvalue weighted by Gasteiger charge is -2.29. The number of rotatable bonds is 7. The fraction of sp³-hybridized carbons (Fsp3) is 0.556. The van der Waals surface area contributed by atoms with Gasteiger partial charge in [0.05, 0.1) is 6.54 Å². The average Bonchev–Trinajstić information content (AvgIpc) is 2.63. The Kier molecular flexibility index (Phi) is 7.55. The topological polar surface area (TPSA) is 66.0 Å². The number of fused-ring (bicyclic) bond motifs is 1. The van der Waals surface area contributed by atoms with Crippen LogP contribution in [-0.2, 0) is 16.0 Å². The minimum Gasteiger partial charge on any atom is -0.382 e. The van der Waals surface area contributed by atoms with Gasteiger partial charge in [-0.1, -0.05) is 18.2 Å². The Labute approximate surface area is 144 Å². The summed E-state index contributed by atoms with van der Waals surface area (Å²) in [4.78, 5) is 18.6. The highest BCUT2D eigenvalue weighted by atomic mass is 16.5. The second-order valence-corrected chi connectivity index (χ2v) is 5.68. The smallest absolute Gasteiger partial charge is 0.246 e. The van der Waals surface area contributed by atoms with Crippen LogP contribution in [0.1, 0.15) is 25.3 Å². The normalized spacial score (nSPS) is 14.2. The van der Waals surface area contributed by atoms with Crippen molar-refractivity contribution in [3.63, 3.8) is 0 Å². The minimum absolute atomic E-state index is 0.0689. The van der Waals surface area contributed by atoms with Gasteiger partial charge >= 0.3 is 0 Å². The zero-order valence-electron chi connectivity index (χ0n) is 14.7. The van der Waals surface area contributed by atoms with Gasteiger partial charge in [0.15, 0.2) is 5.96 Å². The van der Waals surface area contributed by atoms with Crippen LogP contribution in [0.3, 0.4) is 0 Å². The third-order valence-electron chi connectivity index (χ3n) is 4.00. The van der Waals surface area contributed by atoms with Gasteiger partial charge in [-0.3, -0.25) is 9.79 Å². The molecule has 1 heterocycles. The molecule has 0 bridgehead atoms. The van der Waals surface area contributed by atoms with E-state index in [0.29, 0.717) is 5.96 Å². The summed E-state index contributed by atoms with van der Waals surface area (Å²) in [6.07, 6.45) is 2.95. The fourth-order valence-corrected chi connectivity index (χ4v) is 2.79. The zero-order chi connectivity index (χ0) is 17.2. The zero-order valence-corrected chi connectivity index (χ0v) is 14.7. The molecule has 2 N–H and O–H groups in total. The van der Waals surface area contributed by atoms with Crippen LogP contribution in [0.5, 0.6) is 0 Å². The molecule has 1 aromatic rings. The van der Waals surface area contributed by atoms with Crippen LogP contribution in [0.2, 0.25) is 0 Å². The predicted molar refractivity (Wildman–Crippen MR) is 97.6 cm³/mol. The van der Waals surface area contributed by atoms with Crippen LogP contribution in [0, 0.1) is 0 Å². The van der Waals surface area contributed by atoms with E-state index >= 15 is 0 Å². The van der Waals surface area contributed by atoms with E-state index in [1.807, 2.05) is 30.0 Å². The summed E-state index contributed by atoms with van der Waals surface area (Å²) < 4.78 is 5.30. The predicted octanol–water partition coefficient (Wildman–Crippen LogP) is 1.56. The molecule has 0 saturated carbocycles. The Morgan fingerprint density at radius 1 is 1.33 bits per heavy atom. The molecule has 0 aromatic heterocycles. The largest absolute Gasteiger partial charge is 0.382 e. The number of amides is 1. The molecule has 0 unspecified atom stereocenters. The Morgan fingerprint density at radius 3 is 2.96 bits per heavy atom. The molecule has 0 spiro atoms. The number of anilines is 1. The fourth-order valence-electron chi connectivity index (χ4n) is 2.79. The molecule has 24 heavy (non-hydrogen) atoms. The highest BCUT2D eigenvalue weighted by Gasteiger charge is 2.21. The van der Waals surface area contributed by atoms with Crippen molar-refractivity contribution in [2.24, 2.45) is 4.99 Å². The number of aliphatic imine (C=N–C) groups is 1. The Morgan fingerprint density at radius 2 is 2.17 bits per heavy atom. The van der Waals surface area contributed by atoms with E-state index < -0.39 is 0 Å². The molecule has 2 rings (SSSR count). The van der Waals surface area contributed by atoms with E-state index in [1.54, 1.807) is 7.05 Å². The second kappa shape index (κ2) is 9.93. The number of nitrogens with one attached hydrogen (secondary N) is 2. The third-order valence-corrected chi connectivity index (χ3v) is 4.00. The molecule has 1 aliphatic heterocycles. The maximum absolute atomic E-state index is 12.6. The average molecular weight is 332 g/mol. The molecule has 132 valence electrons. The van der Waals surface area contributed by atoms with Crippen molar-refractivity contribution < 1.29 is 9.53 Å². The number of carbonyl (C=O) groups is 1. The lowest BCUT2D eigenvalue weighted by Crippen LogP contribution is -2.46. The third kappa shape index (κ3) is 5.23. The first-order valence-electron chi connectivity index (χ1n) is 8.66. The number of hydrogen-bond acceptors (Lipinski definition) is 3. The van der Waals surface area contributed by atoms with Gasteiger partial charge < -0.3 is 20.3 Å². The van der Waals surface area contributed by atoms with Crippen LogP contribution >= 0.6 is 0 Å². The first-order chi connectivity index (χ1) is 11.8. The number of carbonyl (C=O) groups excluding carboxylic acids is 1. The van der Waals surface area contributed by atoms with Crippen LogP contribution in [0.15, 0.2) is 29.3 Å². The van der Waals surface area contributed by atoms with Gasteiger partial charge in [-0.05, 0) is 37.8 Å². The van der Waals surface area contributed by atoms with Gasteiger partial charge in [0.1, 0.15) is 0 Å². The van der Waals surface area contributed by atoms with Crippen LogP contribution < -0.4 is 15.5 Å². The molecular formula is C18H28N4O2. The Bertz CT molecular complexity index is 560. The molecule has 1 amide bonds. The first kappa shape index (κ1) is 18.3. The molecular weight excluding hydrogens is 304 g/mol. The van der Waals surface area contributed by atoms with Crippen LogP contribution in [-0.4, -0.2) is 51.8 Å². The number of hydrogen-bond donors (Lipinski definition) is 2. The second-order valence-electron chi connectivity index (χ2n) is 5.68. The highest BCUT2D eigenvalue weighted by Crippen LogP contribution is 2.26. The van der Waals surface area contributed by atoms with Crippen molar-refractivity contribution in [1.29, 1.82) is 0 Å². The maximum atomic E-state index is 12.6. The quantitative estimate of drug-likeness (QED) is 0.452. The summed E-state index contributed by atoms with van der Waals surface area (Å²) >= 11 is 0. The van der Waals surface area contributed by atoms with Gasteiger partial charge in [0.2, 0.25) is 5.91 Å². The molecule has 1 aliphatic rings. The Hall–Kier alpha value is -2.08. The summed E-state index contributed by atoms with van der Waals surface area (Å²) in [7, 11) is 1.71. The molecule has 0 atom stereocenters. The SMILES string of the molecule is CCOCCCNC(=NC)NCC(=O)N1CCCc2ccccc21. The van der Waals surface area contributed by atoms with Gasteiger partial charge in [0.25, 0.3) is 0 Å². The van der Waals surface area contributed by atoms with E-state index in [0.717, 1.165) is 51.3 Å². The van der Waals surface area contributed by atoms with Gasteiger partial charge in [-0.2, -0.15) is 0 Å². The molecule has 0 radical (unpaired) electrons. The monoisotopic (exact) mass is 332 g/mol. The van der Waals surface area contributed by atoms with Crippen molar-refractivity contribution >= 4 is 17.6 Å². The van der Waals surface area contributed by atoms with Gasteiger partial charge in [0, 0.05) is 39.0 Å². The number of benzene rings is 1. The van der Waals surface area contributed by atoms with Crippen molar-refractivity contribution in [1.82, 2.24) is 10.6 Å². The lowest BCUT2D eigenvalue weighted by molar-refractivity contribution is -0.117. The van der Waals surface area contributed by atoms with Crippen molar-refractivity contribution in [2.45, 2.75) is 26.2 Å². The van der Waals surface area contributed by atoms with E-state index in [2.05, 4.69) is 21.7 Å². The van der Waals surface area contributed by atoms with E-state index in [4.69, 9.17) is 4.74 Å². The van der Waals surface area contributed by atoms with Crippen LogP contribution in [0.4, 0.5) is 5.69 Å². The lowest BCUT2D eigenvalue weighted by atomic mass is 10.0. The summed E-state index contributed by atoms with van der Waals surface area (Å²) in [5.41, 5.74) is 2.28. The van der Waals surface area contributed by atoms with Crippen molar-refractivity contribution in [3.8, 4) is 0 Å². The molecule has 0 fully saturated rings. The molecule has 1 aromatic carbocycles. The van der Waals surface area contributed by atoms with Gasteiger partial charge in [-0.25, -0.2) is 0 Å². The molecule has 0 aliphatic carbocycles. The standard InChI is InChI=1S/C18H28N4O2/c1-3-24-13-7-11-20-18(19-2)21-14-17(23)22-12-6-9-15-8-4-5-10-16(15)22/h4-5,8,10H,3,6-7,9,11-14H2,1-2H3,(H2,19,20,21). The number of guanidine groups is 1. The van der Waals surface area contributed by atoms with Crippen molar-refractivity contribution in [2.75, 3.05) is 44.8 Å². The van der Waals surface area contributed by atoms with Crippen molar-refractivity contribution in [3.05, 3.63) is 29.8 Å². The van der Waals surface area contributed by atoms with E-state index in [9.17, 15) is 4.79 Å². The van der Waals surface area contributed by atoms with Crippen LogP contribution in [0.25, 0.3) is 0 Å². The Balaban J connectivity index is 1.80. The first-order valence-corrected chi connectivity index (χ1v) is 8.66. The van der Waals surface area contributed by atoms with E-state index in [1.165, 1.54) is 5.56 Å². The number of nitrogens with zero attached hydrogens (tertiary/aromatic N) is 2. The van der Waals surface area contributed by atoms with Gasteiger partial charge in [-0.15, -0.1) is 0 Å². The summed E-state index contributed by atoms with van der Waals surface area (Å²) in [5, 5.41) is 6.29. The summed E-state index contributed by atoms with van der Waals surface area (Å²) in [5.74, 6) is 0.713. The number of para-hydroxylation sites is 1.